The zero-order valence-corrected chi connectivity index (χ0v) is 17.5. The van der Waals surface area contributed by atoms with E-state index in [4.69, 9.17) is 26.6 Å². The van der Waals surface area contributed by atoms with Gasteiger partial charge in [-0.15, -0.1) is 0 Å². The first-order valence-electron chi connectivity index (χ1n) is 9.75. The fourth-order valence-corrected chi connectivity index (χ4v) is 4.61. The van der Waals surface area contributed by atoms with Crippen LogP contribution in [-0.2, 0) is 15.8 Å². The first kappa shape index (κ1) is 19.3. The van der Waals surface area contributed by atoms with Crippen molar-refractivity contribution in [3.8, 4) is 0 Å². The number of nitrogen functional groups attached to an aromatic ring is 1. The van der Waals surface area contributed by atoms with Crippen molar-refractivity contribution < 1.29 is 14.4 Å². The number of hydrogen-bond donors (Lipinski definition) is 2. The highest BCUT2D eigenvalue weighted by Crippen LogP contribution is 2.50. The fraction of sp³-hybridized carbons (Fsp3) is 0.381. The number of hydrogen-bond acceptors (Lipinski definition) is 8. The molecule has 1 unspecified atom stereocenters. The molecule has 156 valence electrons. The molecule has 2 atom stereocenters. The molecular formula is C21H22ClN5O3. The molecule has 1 fully saturated rings. The van der Waals surface area contributed by atoms with Gasteiger partial charge in [0.25, 0.3) is 0 Å². The Bertz CT molecular complexity index is 1120. The molecule has 0 saturated carbocycles. The molecule has 5 rings (SSSR count). The number of halogens is 1. The van der Waals surface area contributed by atoms with Gasteiger partial charge in [0.15, 0.2) is 5.82 Å². The van der Waals surface area contributed by atoms with Crippen LogP contribution >= 0.6 is 11.6 Å². The van der Waals surface area contributed by atoms with Crippen LogP contribution in [0.25, 0.3) is 0 Å². The molecule has 0 bridgehead atoms. The van der Waals surface area contributed by atoms with E-state index in [0.717, 1.165) is 17.7 Å². The van der Waals surface area contributed by atoms with Crippen LogP contribution in [0.2, 0.25) is 5.02 Å². The first-order valence-corrected chi connectivity index (χ1v) is 10.1. The van der Waals surface area contributed by atoms with Crippen LogP contribution in [0, 0.1) is 6.92 Å². The highest BCUT2D eigenvalue weighted by molar-refractivity contribution is 6.33. The van der Waals surface area contributed by atoms with Gasteiger partial charge in [-0.25, -0.2) is 4.98 Å². The third-order valence-corrected chi connectivity index (χ3v) is 6.38. The van der Waals surface area contributed by atoms with E-state index in [9.17, 15) is 5.11 Å². The van der Waals surface area contributed by atoms with Crippen molar-refractivity contribution in [2.24, 2.45) is 0 Å². The van der Waals surface area contributed by atoms with Crippen LogP contribution in [0.15, 0.2) is 35.0 Å². The van der Waals surface area contributed by atoms with E-state index in [1.165, 1.54) is 6.20 Å². The number of benzene rings is 1. The summed E-state index contributed by atoms with van der Waals surface area (Å²) in [5.41, 5.74) is 7.56. The Morgan fingerprint density at radius 2 is 2.17 bits per heavy atom. The number of ether oxygens (including phenoxy) is 1. The summed E-state index contributed by atoms with van der Waals surface area (Å²) in [7, 11) is 0. The van der Waals surface area contributed by atoms with E-state index >= 15 is 0 Å². The van der Waals surface area contributed by atoms with Gasteiger partial charge in [0.2, 0.25) is 5.95 Å². The molecule has 8 nitrogen and oxygen atoms in total. The Hall–Kier alpha value is -2.68. The van der Waals surface area contributed by atoms with Gasteiger partial charge in [-0.1, -0.05) is 28.9 Å². The Kier molecular flexibility index (Phi) is 4.29. The molecular weight excluding hydrogens is 406 g/mol. The van der Waals surface area contributed by atoms with Crippen LogP contribution in [0.5, 0.6) is 0 Å². The number of anilines is 3. The minimum atomic E-state index is -1.32. The van der Waals surface area contributed by atoms with Crippen LogP contribution < -0.4 is 10.6 Å². The van der Waals surface area contributed by atoms with Crippen molar-refractivity contribution in [2.75, 3.05) is 30.4 Å². The molecule has 4 heterocycles. The molecule has 0 aliphatic carbocycles. The topological polar surface area (TPSA) is 111 Å². The summed E-state index contributed by atoms with van der Waals surface area (Å²) in [5, 5.41) is 15.7. The summed E-state index contributed by atoms with van der Waals surface area (Å²) in [6.45, 7) is 5.47. The predicted molar refractivity (Wildman–Crippen MR) is 112 cm³/mol. The number of fused-ring (bicyclic) bond motifs is 2. The minimum absolute atomic E-state index is 0.154. The molecule has 2 aliphatic heterocycles. The number of rotatable bonds is 3. The SMILES string of the molecule is Cc1cc(C(C)(O)c2ccc3c(c2)N(c2nc(N)ncc2Cl)C[C@@]32CCOC2)no1. The van der Waals surface area contributed by atoms with Crippen LogP contribution in [0.4, 0.5) is 17.5 Å². The Balaban J connectivity index is 1.66. The van der Waals surface area contributed by atoms with Gasteiger partial charge in [0.05, 0.1) is 12.8 Å². The van der Waals surface area contributed by atoms with Crippen molar-refractivity contribution in [3.63, 3.8) is 0 Å². The van der Waals surface area contributed by atoms with E-state index in [-0.39, 0.29) is 11.4 Å². The number of aromatic nitrogens is 3. The first-order chi connectivity index (χ1) is 14.3. The summed E-state index contributed by atoms with van der Waals surface area (Å²) in [6.07, 6.45) is 2.40. The second-order valence-electron chi connectivity index (χ2n) is 8.20. The maximum Gasteiger partial charge on any atom is 0.222 e. The molecule has 30 heavy (non-hydrogen) atoms. The molecule has 2 aliphatic rings. The Morgan fingerprint density at radius 1 is 1.33 bits per heavy atom. The van der Waals surface area contributed by atoms with Gasteiger partial charge in [-0.2, -0.15) is 4.98 Å². The Morgan fingerprint density at radius 3 is 2.87 bits per heavy atom. The van der Waals surface area contributed by atoms with Gasteiger partial charge < -0.3 is 25.0 Å². The average Bonchev–Trinajstić information content (AvgIpc) is 3.44. The van der Waals surface area contributed by atoms with Crippen molar-refractivity contribution in [1.29, 1.82) is 0 Å². The third-order valence-electron chi connectivity index (χ3n) is 6.11. The van der Waals surface area contributed by atoms with Gasteiger partial charge >= 0.3 is 0 Å². The summed E-state index contributed by atoms with van der Waals surface area (Å²) >= 11 is 6.44. The van der Waals surface area contributed by atoms with Crippen molar-refractivity contribution >= 4 is 29.1 Å². The second kappa shape index (κ2) is 6.66. The molecule has 0 amide bonds. The van der Waals surface area contributed by atoms with Crippen molar-refractivity contribution in [2.45, 2.75) is 31.3 Å². The van der Waals surface area contributed by atoms with E-state index < -0.39 is 5.60 Å². The maximum absolute atomic E-state index is 11.3. The summed E-state index contributed by atoms with van der Waals surface area (Å²) < 4.78 is 10.9. The summed E-state index contributed by atoms with van der Waals surface area (Å²) in [4.78, 5) is 10.4. The zero-order valence-electron chi connectivity index (χ0n) is 16.7. The fourth-order valence-electron chi connectivity index (χ4n) is 4.42. The predicted octanol–water partition coefficient (Wildman–Crippen LogP) is 3.07. The molecule has 3 N–H and O–H groups in total. The van der Waals surface area contributed by atoms with Gasteiger partial charge in [0.1, 0.15) is 22.1 Å². The highest BCUT2D eigenvalue weighted by atomic mass is 35.5. The quantitative estimate of drug-likeness (QED) is 0.656. The molecule has 3 aromatic rings. The van der Waals surface area contributed by atoms with Gasteiger partial charge in [0, 0.05) is 30.3 Å². The van der Waals surface area contributed by atoms with E-state index in [1.807, 2.05) is 17.0 Å². The average molecular weight is 428 g/mol. The normalized spacial score (nSPS) is 22.5. The highest BCUT2D eigenvalue weighted by Gasteiger charge is 2.47. The molecule has 9 heteroatoms. The molecule has 0 radical (unpaired) electrons. The minimum Gasteiger partial charge on any atom is -0.380 e. The van der Waals surface area contributed by atoms with Gasteiger partial charge in [-0.05, 0) is 37.5 Å². The lowest BCUT2D eigenvalue weighted by Crippen LogP contribution is -2.32. The van der Waals surface area contributed by atoms with Crippen molar-refractivity contribution in [3.05, 3.63) is 58.1 Å². The molecule has 2 aromatic heterocycles. The number of aliphatic hydroxyl groups is 1. The van der Waals surface area contributed by atoms with Crippen LogP contribution in [0.1, 0.15) is 35.9 Å². The van der Waals surface area contributed by atoms with Crippen LogP contribution in [-0.4, -0.2) is 40.0 Å². The number of aryl methyl sites for hydroxylation is 1. The Labute approximate surface area is 178 Å². The van der Waals surface area contributed by atoms with E-state index in [1.54, 1.807) is 19.9 Å². The molecule has 1 saturated heterocycles. The molecule has 1 aromatic carbocycles. The smallest absolute Gasteiger partial charge is 0.222 e. The zero-order chi connectivity index (χ0) is 21.1. The van der Waals surface area contributed by atoms with E-state index in [2.05, 4.69) is 21.2 Å². The number of nitrogens with zero attached hydrogens (tertiary/aromatic N) is 4. The van der Waals surface area contributed by atoms with Crippen molar-refractivity contribution in [1.82, 2.24) is 15.1 Å². The second-order valence-corrected chi connectivity index (χ2v) is 8.60. The van der Waals surface area contributed by atoms with Crippen LogP contribution in [0.3, 0.4) is 0 Å². The third kappa shape index (κ3) is 2.86. The maximum atomic E-state index is 11.3. The van der Waals surface area contributed by atoms with Gasteiger partial charge in [-0.3, -0.25) is 0 Å². The standard InChI is InChI=1S/C21H22ClN5O3/c1-12-7-17(26-30-12)20(2,28)13-3-4-14-16(8-13)27(10-21(14)5-6-29-11-21)18-15(22)9-24-19(23)25-18/h3-4,7-9,28H,5-6,10-11H2,1-2H3,(H2,23,24,25)/t20?,21-/m1/s1. The lowest BCUT2D eigenvalue weighted by molar-refractivity contribution is 0.0932. The number of nitrogens with two attached hydrogens (primary N) is 1. The largest absolute Gasteiger partial charge is 0.380 e. The molecule has 1 spiro atoms. The van der Waals surface area contributed by atoms with E-state index in [0.29, 0.717) is 47.6 Å². The monoisotopic (exact) mass is 427 g/mol. The summed E-state index contributed by atoms with van der Waals surface area (Å²) in [5.74, 6) is 1.34. The summed E-state index contributed by atoms with van der Waals surface area (Å²) in [6, 6.07) is 7.68. The lowest BCUT2D eigenvalue weighted by atomic mass is 9.80. The lowest BCUT2D eigenvalue weighted by Gasteiger charge is -2.24.